The standard InChI is InChI=1S/C10H14N2O2/c11-6-8-1-3-12-10(5-8)14-9-2-4-13-7-9/h1,3,5,9H,2,4,6-7,11H2. The van der Waals surface area contributed by atoms with Gasteiger partial charge in [0.2, 0.25) is 5.88 Å². The van der Waals surface area contributed by atoms with Gasteiger partial charge in [-0.15, -0.1) is 0 Å². The fourth-order valence-electron chi connectivity index (χ4n) is 1.42. The maximum Gasteiger partial charge on any atom is 0.213 e. The number of hydrogen-bond donors (Lipinski definition) is 1. The van der Waals surface area contributed by atoms with Crippen molar-refractivity contribution in [3.63, 3.8) is 0 Å². The maximum atomic E-state index is 5.63. The average Bonchev–Trinajstić information content (AvgIpc) is 2.71. The zero-order valence-corrected chi connectivity index (χ0v) is 7.98. The number of ether oxygens (including phenoxy) is 2. The van der Waals surface area contributed by atoms with E-state index in [1.54, 1.807) is 6.20 Å². The molecule has 0 amide bonds. The molecule has 4 heteroatoms. The minimum absolute atomic E-state index is 0.149. The van der Waals surface area contributed by atoms with Crippen LogP contribution in [0.15, 0.2) is 18.3 Å². The molecule has 14 heavy (non-hydrogen) atoms. The first-order valence-corrected chi connectivity index (χ1v) is 4.78. The predicted octanol–water partition coefficient (Wildman–Crippen LogP) is 0.708. The third-order valence-corrected chi connectivity index (χ3v) is 2.21. The molecule has 2 heterocycles. The SMILES string of the molecule is NCc1ccnc(OC2CCOC2)c1. The van der Waals surface area contributed by atoms with Gasteiger partial charge in [-0.05, 0) is 11.6 Å². The molecule has 1 aliphatic rings. The van der Waals surface area contributed by atoms with E-state index in [9.17, 15) is 0 Å². The molecule has 4 nitrogen and oxygen atoms in total. The largest absolute Gasteiger partial charge is 0.472 e. The predicted molar refractivity (Wildman–Crippen MR) is 52.0 cm³/mol. The van der Waals surface area contributed by atoms with Crippen molar-refractivity contribution in [2.45, 2.75) is 19.1 Å². The highest BCUT2D eigenvalue weighted by atomic mass is 16.5. The van der Waals surface area contributed by atoms with Crippen molar-refractivity contribution in [2.24, 2.45) is 5.73 Å². The van der Waals surface area contributed by atoms with Crippen molar-refractivity contribution in [1.29, 1.82) is 0 Å². The quantitative estimate of drug-likeness (QED) is 0.769. The van der Waals surface area contributed by atoms with E-state index in [0.29, 0.717) is 19.0 Å². The fourth-order valence-corrected chi connectivity index (χ4v) is 1.42. The van der Waals surface area contributed by atoms with Crippen LogP contribution in [0.25, 0.3) is 0 Å². The van der Waals surface area contributed by atoms with Crippen LogP contribution in [0.1, 0.15) is 12.0 Å². The normalized spacial score (nSPS) is 21.1. The summed E-state index contributed by atoms with van der Waals surface area (Å²) in [6.45, 7) is 1.95. The summed E-state index contributed by atoms with van der Waals surface area (Å²) in [6, 6.07) is 3.76. The van der Waals surface area contributed by atoms with Gasteiger partial charge in [-0.2, -0.15) is 0 Å². The van der Waals surface area contributed by atoms with Gasteiger partial charge in [0.1, 0.15) is 6.10 Å². The van der Waals surface area contributed by atoms with Crippen LogP contribution in [0, 0.1) is 0 Å². The van der Waals surface area contributed by atoms with E-state index in [1.165, 1.54) is 0 Å². The Bertz CT molecular complexity index is 298. The van der Waals surface area contributed by atoms with Crippen LogP contribution < -0.4 is 10.5 Å². The summed E-state index contributed by atoms with van der Waals surface area (Å²) in [7, 11) is 0. The molecule has 2 N–H and O–H groups in total. The summed E-state index contributed by atoms with van der Waals surface area (Å²) >= 11 is 0. The third kappa shape index (κ3) is 2.21. The van der Waals surface area contributed by atoms with Gasteiger partial charge in [0.05, 0.1) is 13.2 Å². The molecule has 1 saturated heterocycles. The first kappa shape index (κ1) is 9.43. The average molecular weight is 194 g/mol. The molecule has 0 spiro atoms. The molecule has 1 aliphatic heterocycles. The Morgan fingerprint density at radius 3 is 3.29 bits per heavy atom. The molecular weight excluding hydrogens is 180 g/mol. The van der Waals surface area contributed by atoms with Gasteiger partial charge in [0.15, 0.2) is 0 Å². The Hall–Kier alpha value is -1.13. The number of nitrogens with two attached hydrogens (primary N) is 1. The zero-order valence-electron chi connectivity index (χ0n) is 7.98. The van der Waals surface area contributed by atoms with Crippen molar-refractivity contribution in [3.05, 3.63) is 23.9 Å². The van der Waals surface area contributed by atoms with Crippen LogP contribution in [-0.2, 0) is 11.3 Å². The number of pyridine rings is 1. The van der Waals surface area contributed by atoms with Crippen LogP contribution in [0.3, 0.4) is 0 Å². The second kappa shape index (κ2) is 4.39. The van der Waals surface area contributed by atoms with Gasteiger partial charge >= 0.3 is 0 Å². The van der Waals surface area contributed by atoms with E-state index in [0.717, 1.165) is 18.6 Å². The highest BCUT2D eigenvalue weighted by Gasteiger charge is 2.17. The maximum absolute atomic E-state index is 5.63. The van der Waals surface area contributed by atoms with Crippen LogP contribution in [0.2, 0.25) is 0 Å². The lowest BCUT2D eigenvalue weighted by molar-refractivity contribution is 0.138. The molecule has 76 valence electrons. The summed E-state index contributed by atoms with van der Waals surface area (Å²) in [5.74, 6) is 0.642. The van der Waals surface area contributed by atoms with Crippen molar-refractivity contribution in [3.8, 4) is 5.88 Å². The number of nitrogens with zero attached hydrogens (tertiary/aromatic N) is 1. The highest BCUT2D eigenvalue weighted by molar-refractivity contribution is 5.20. The molecule has 1 fully saturated rings. The summed E-state index contributed by atoms with van der Waals surface area (Å²) in [4.78, 5) is 4.12. The van der Waals surface area contributed by atoms with Crippen LogP contribution in [-0.4, -0.2) is 24.3 Å². The molecule has 0 bridgehead atoms. The van der Waals surface area contributed by atoms with Crippen LogP contribution in [0.5, 0.6) is 5.88 Å². The van der Waals surface area contributed by atoms with E-state index in [1.807, 2.05) is 12.1 Å². The molecule has 2 rings (SSSR count). The summed E-state index contributed by atoms with van der Waals surface area (Å²) < 4.78 is 10.8. The topological polar surface area (TPSA) is 57.4 Å². The van der Waals surface area contributed by atoms with Gasteiger partial charge in [0, 0.05) is 25.2 Å². The Morgan fingerprint density at radius 2 is 2.57 bits per heavy atom. The number of hydrogen-bond acceptors (Lipinski definition) is 4. The summed E-state index contributed by atoms with van der Waals surface area (Å²) in [5, 5.41) is 0. The highest BCUT2D eigenvalue weighted by Crippen LogP contribution is 2.15. The van der Waals surface area contributed by atoms with Crippen LogP contribution in [0.4, 0.5) is 0 Å². The number of aromatic nitrogens is 1. The summed E-state index contributed by atoms with van der Waals surface area (Å²) in [5.41, 5.74) is 6.55. The smallest absolute Gasteiger partial charge is 0.213 e. The minimum atomic E-state index is 0.149. The lowest BCUT2D eigenvalue weighted by Crippen LogP contribution is -2.16. The molecular formula is C10H14N2O2. The number of rotatable bonds is 3. The minimum Gasteiger partial charge on any atom is -0.472 e. The molecule has 0 radical (unpaired) electrons. The van der Waals surface area contributed by atoms with E-state index in [4.69, 9.17) is 15.2 Å². The molecule has 0 aliphatic carbocycles. The molecule has 1 atom stereocenters. The van der Waals surface area contributed by atoms with Gasteiger partial charge in [0.25, 0.3) is 0 Å². The van der Waals surface area contributed by atoms with Crippen molar-refractivity contribution < 1.29 is 9.47 Å². The van der Waals surface area contributed by atoms with Gasteiger partial charge in [-0.1, -0.05) is 0 Å². The zero-order chi connectivity index (χ0) is 9.80. The van der Waals surface area contributed by atoms with Crippen molar-refractivity contribution in [2.75, 3.05) is 13.2 Å². The Kier molecular flexibility index (Phi) is 2.96. The lowest BCUT2D eigenvalue weighted by atomic mass is 10.2. The summed E-state index contributed by atoms with van der Waals surface area (Å²) in [6.07, 6.45) is 2.80. The van der Waals surface area contributed by atoms with Crippen LogP contribution >= 0.6 is 0 Å². The first-order chi connectivity index (χ1) is 6.88. The van der Waals surface area contributed by atoms with Gasteiger partial charge in [-0.3, -0.25) is 0 Å². The fraction of sp³-hybridized carbons (Fsp3) is 0.500. The molecule has 0 aromatic carbocycles. The first-order valence-electron chi connectivity index (χ1n) is 4.78. The lowest BCUT2D eigenvalue weighted by Gasteiger charge is -2.10. The van der Waals surface area contributed by atoms with Crippen molar-refractivity contribution in [1.82, 2.24) is 4.98 Å². The Balaban J connectivity index is 2.00. The molecule has 1 unspecified atom stereocenters. The monoisotopic (exact) mass is 194 g/mol. The van der Waals surface area contributed by atoms with Crippen molar-refractivity contribution >= 4 is 0 Å². The van der Waals surface area contributed by atoms with Gasteiger partial charge in [-0.25, -0.2) is 4.98 Å². The van der Waals surface area contributed by atoms with E-state index in [-0.39, 0.29) is 6.10 Å². The van der Waals surface area contributed by atoms with Gasteiger partial charge < -0.3 is 15.2 Å². The third-order valence-electron chi connectivity index (χ3n) is 2.21. The molecule has 0 saturated carbocycles. The second-order valence-electron chi connectivity index (χ2n) is 3.31. The van der Waals surface area contributed by atoms with E-state index in [2.05, 4.69) is 4.98 Å². The molecule has 1 aromatic heterocycles. The molecule has 1 aromatic rings. The Morgan fingerprint density at radius 1 is 1.64 bits per heavy atom. The van der Waals surface area contributed by atoms with E-state index >= 15 is 0 Å². The Labute approximate surface area is 83.0 Å². The van der Waals surface area contributed by atoms with E-state index < -0.39 is 0 Å². The second-order valence-corrected chi connectivity index (χ2v) is 3.31.